The van der Waals surface area contributed by atoms with Gasteiger partial charge in [-0.25, -0.2) is 0 Å². The van der Waals surface area contributed by atoms with Gasteiger partial charge >= 0.3 is 0 Å². The van der Waals surface area contributed by atoms with E-state index in [0.717, 1.165) is 0 Å². The summed E-state index contributed by atoms with van der Waals surface area (Å²) in [5, 5.41) is 12.9. The monoisotopic (exact) mass is 414 g/mol. The van der Waals surface area contributed by atoms with Crippen LogP contribution in [-0.4, -0.2) is 57.8 Å². The van der Waals surface area contributed by atoms with Gasteiger partial charge in [-0.2, -0.15) is 0 Å². The third kappa shape index (κ3) is 3.69. The van der Waals surface area contributed by atoms with Crippen molar-refractivity contribution in [3.8, 4) is 0 Å². The number of hydrogen-bond donors (Lipinski definition) is 1. The van der Waals surface area contributed by atoms with Crippen LogP contribution in [0.25, 0.3) is 0 Å². The SMILES string of the molecule is CO[C@H]1O[C@H](CO[Si](c2ccccc2)(c2ccccc2)C(C)(C)C)[C@@H](O)[C@H]2O[C@@H]12. The van der Waals surface area contributed by atoms with Gasteiger partial charge < -0.3 is 23.7 Å². The highest BCUT2D eigenvalue weighted by Crippen LogP contribution is 2.40. The molecule has 2 aliphatic heterocycles. The van der Waals surface area contributed by atoms with Crippen molar-refractivity contribution in [2.24, 2.45) is 0 Å². The summed E-state index contributed by atoms with van der Waals surface area (Å²) in [4.78, 5) is 0. The lowest BCUT2D eigenvalue weighted by molar-refractivity contribution is -0.206. The van der Waals surface area contributed by atoms with Gasteiger partial charge in [0.25, 0.3) is 8.32 Å². The Labute approximate surface area is 173 Å². The Hall–Kier alpha value is -1.54. The second-order valence-corrected chi connectivity index (χ2v) is 13.1. The number of aliphatic hydroxyl groups is 1. The maximum Gasteiger partial charge on any atom is 0.261 e. The maximum atomic E-state index is 10.7. The van der Waals surface area contributed by atoms with E-state index in [2.05, 4.69) is 69.3 Å². The zero-order valence-electron chi connectivity index (χ0n) is 17.4. The predicted octanol–water partition coefficient (Wildman–Crippen LogP) is 2.06. The van der Waals surface area contributed by atoms with E-state index in [9.17, 15) is 5.11 Å². The minimum Gasteiger partial charge on any atom is -0.405 e. The highest BCUT2D eigenvalue weighted by atomic mass is 28.4. The van der Waals surface area contributed by atoms with Crippen LogP contribution < -0.4 is 10.4 Å². The Morgan fingerprint density at radius 1 is 0.897 bits per heavy atom. The molecule has 0 aliphatic carbocycles. The molecule has 0 saturated carbocycles. The molecule has 0 amide bonds. The summed E-state index contributed by atoms with van der Waals surface area (Å²) >= 11 is 0. The van der Waals surface area contributed by atoms with Crippen molar-refractivity contribution in [3.63, 3.8) is 0 Å². The quantitative estimate of drug-likeness (QED) is 0.579. The lowest BCUT2D eigenvalue weighted by Crippen LogP contribution is -2.67. The van der Waals surface area contributed by atoms with E-state index < -0.39 is 26.8 Å². The van der Waals surface area contributed by atoms with Crippen molar-refractivity contribution < 1.29 is 23.7 Å². The van der Waals surface area contributed by atoms with E-state index in [1.807, 2.05) is 12.1 Å². The third-order valence-corrected chi connectivity index (χ3v) is 11.0. The zero-order valence-corrected chi connectivity index (χ0v) is 18.4. The molecule has 2 aromatic rings. The lowest BCUT2D eigenvalue weighted by atomic mass is 10.1. The van der Waals surface area contributed by atoms with Gasteiger partial charge in [0.15, 0.2) is 6.29 Å². The first-order chi connectivity index (χ1) is 13.9. The van der Waals surface area contributed by atoms with Gasteiger partial charge in [-0.3, -0.25) is 0 Å². The Morgan fingerprint density at radius 3 is 1.93 bits per heavy atom. The number of hydrogen-bond acceptors (Lipinski definition) is 5. The summed E-state index contributed by atoms with van der Waals surface area (Å²) in [5.41, 5.74) is 0. The Balaban J connectivity index is 1.69. The molecular formula is C23H30O5Si. The molecule has 2 saturated heterocycles. The number of benzene rings is 2. The first kappa shape index (κ1) is 20.7. The molecule has 0 spiro atoms. The molecule has 5 atom stereocenters. The smallest absolute Gasteiger partial charge is 0.261 e. The molecule has 0 aromatic heterocycles. The first-order valence-electron chi connectivity index (χ1n) is 10.2. The largest absolute Gasteiger partial charge is 0.405 e. The minimum atomic E-state index is -2.68. The van der Waals surface area contributed by atoms with Crippen molar-refractivity contribution in [1.82, 2.24) is 0 Å². The van der Waals surface area contributed by atoms with Crippen molar-refractivity contribution in [2.75, 3.05) is 13.7 Å². The molecule has 2 heterocycles. The topological polar surface area (TPSA) is 60.5 Å². The van der Waals surface area contributed by atoms with Gasteiger partial charge in [-0.05, 0) is 15.4 Å². The fourth-order valence-electron chi connectivity index (χ4n) is 4.47. The van der Waals surface area contributed by atoms with Crippen LogP contribution in [0.3, 0.4) is 0 Å². The number of ether oxygens (including phenoxy) is 3. The van der Waals surface area contributed by atoms with Crippen LogP contribution in [0.5, 0.6) is 0 Å². The highest BCUT2D eigenvalue weighted by molar-refractivity contribution is 6.99. The Kier molecular flexibility index (Phi) is 5.68. The number of epoxide rings is 1. The molecule has 2 fully saturated rings. The molecule has 4 rings (SSSR count). The Morgan fingerprint density at radius 2 is 1.45 bits per heavy atom. The first-order valence-corrected chi connectivity index (χ1v) is 12.1. The van der Waals surface area contributed by atoms with E-state index in [1.165, 1.54) is 10.4 Å². The second kappa shape index (κ2) is 7.94. The van der Waals surface area contributed by atoms with Gasteiger partial charge in [0.1, 0.15) is 24.4 Å². The predicted molar refractivity (Wildman–Crippen MR) is 114 cm³/mol. The van der Waals surface area contributed by atoms with E-state index in [-0.39, 0.29) is 23.9 Å². The molecule has 1 N–H and O–H groups in total. The number of aliphatic hydroxyl groups excluding tert-OH is 1. The van der Waals surface area contributed by atoms with Crippen LogP contribution in [0.4, 0.5) is 0 Å². The number of methoxy groups -OCH3 is 1. The van der Waals surface area contributed by atoms with Crippen LogP contribution in [0.1, 0.15) is 20.8 Å². The fraction of sp³-hybridized carbons (Fsp3) is 0.478. The highest BCUT2D eigenvalue weighted by Gasteiger charge is 2.59. The summed E-state index contributed by atoms with van der Waals surface area (Å²) in [6.07, 6.45) is -2.09. The molecule has 2 aromatic carbocycles. The molecule has 5 nitrogen and oxygen atoms in total. The van der Waals surface area contributed by atoms with E-state index >= 15 is 0 Å². The standard InChI is InChI=1S/C23H30O5Si/c1-23(2,3)29(16-11-7-5-8-12-16,17-13-9-6-10-14-17)26-15-18-19(24)20-21(28-20)22(25-4)27-18/h5-14,18-22,24H,15H2,1-4H3/t18-,19-,20-,21-,22+/m1/s1. The van der Waals surface area contributed by atoms with Crippen molar-refractivity contribution in [2.45, 2.75) is 56.5 Å². The van der Waals surface area contributed by atoms with Crippen molar-refractivity contribution in [3.05, 3.63) is 60.7 Å². The minimum absolute atomic E-state index is 0.130. The van der Waals surface area contributed by atoms with Crippen molar-refractivity contribution >= 4 is 18.7 Å². The average Bonchev–Trinajstić information content (AvgIpc) is 3.52. The lowest BCUT2D eigenvalue weighted by Gasteiger charge is -2.44. The van der Waals surface area contributed by atoms with E-state index in [1.54, 1.807) is 7.11 Å². The van der Waals surface area contributed by atoms with Crippen LogP contribution in [-0.2, 0) is 18.6 Å². The fourth-order valence-corrected chi connectivity index (χ4v) is 9.04. The van der Waals surface area contributed by atoms with Crippen molar-refractivity contribution in [1.29, 1.82) is 0 Å². The number of rotatable bonds is 6. The zero-order chi connectivity index (χ0) is 20.6. The normalized spacial score (nSPS) is 29.3. The van der Waals surface area contributed by atoms with Crippen LogP contribution in [0.15, 0.2) is 60.7 Å². The van der Waals surface area contributed by atoms with E-state index in [0.29, 0.717) is 0 Å². The van der Waals surface area contributed by atoms with Gasteiger partial charge in [-0.1, -0.05) is 81.4 Å². The van der Waals surface area contributed by atoms with Crippen LogP contribution >= 0.6 is 0 Å². The second-order valence-electron chi connectivity index (χ2n) is 8.81. The van der Waals surface area contributed by atoms with Gasteiger partial charge in [0.05, 0.1) is 6.61 Å². The van der Waals surface area contributed by atoms with Gasteiger partial charge in [0, 0.05) is 7.11 Å². The summed E-state index contributed by atoms with van der Waals surface area (Å²) in [6.45, 7) is 6.97. The molecule has 6 heteroatoms. The van der Waals surface area contributed by atoms with Gasteiger partial charge in [-0.15, -0.1) is 0 Å². The summed E-state index contributed by atoms with van der Waals surface area (Å²) in [5.74, 6) is 0. The van der Waals surface area contributed by atoms with E-state index in [4.69, 9.17) is 18.6 Å². The number of fused-ring (bicyclic) bond motifs is 1. The van der Waals surface area contributed by atoms with Crippen LogP contribution in [0.2, 0.25) is 5.04 Å². The Bertz CT molecular complexity index is 768. The molecule has 29 heavy (non-hydrogen) atoms. The summed E-state index contributed by atoms with van der Waals surface area (Å²) in [7, 11) is -1.08. The molecule has 0 radical (unpaired) electrons. The summed E-state index contributed by atoms with van der Waals surface area (Å²) in [6, 6.07) is 20.9. The third-order valence-electron chi connectivity index (χ3n) is 5.97. The molecular weight excluding hydrogens is 384 g/mol. The molecule has 0 bridgehead atoms. The average molecular weight is 415 g/mol. The molecule has 2 aliphatic rings. The molecule has 156 valence electrons. The summed E-state index contributed by atoms with van der Waals surface area (Å²) < 4.78 is 23.8. The van der Waals surface area contributed by atoms with Crippen LogP contribution in [0, 0.1) is 0 Å². The molecule has 0 unspecified atom stereocenters. The van der Waals surface area contributed by atoms with Gasteiger partial charge in [0.2, 0.25) is 0 Å². The maximum absolute atomic E-state index is 10.7.